The first-order valence-electron chi connectivity index (χ1n) is 5.22. The minimum absolute atomic E-state index is 0.0413. The standard InChI is InChI=1S/C10H10ClFO5S2/c11-18(13,14)6-7-1-2-10(9(12)3-7)19(15,16)8-4-17-5-8/h1-3,8H,4-6H2. The van der Waals surface area contributed by atoms with Gasteiger partial charge in [0.1, 0.15) is 16.0 Å². The smallest absolute Gasteiger partial charge is 0.236 e. The van der Waals surface area contributed by atoms with Crippen molar-refractivity contribution in [2.45, 2.75) is 15.9 Å². The van der Waals surface area contributed by atoms with Gasteiger partial charge in [0, 0.05) is 10.7 Å². The summed E-state index contributed by atoms with van der Waals surface area (Å²) in [5.74, 6) is -1.54. The zero-order valence-corrected chi connectivity index (χ0v) is 11.9. The summed E-state index contributed by atoms with van der Waals surface area (Å²) in [4.78, 5) is -0.448. The van der Waals surface area contributed by atoms with E-state index in [1.54, 1.807) is 0 Å². The van der Waals surface area contributed by atoms with E-state index in [9.17, 15) is 21.2 Å². The first kappa shape index (κ1) is 14.7. The molecule has 0 atom stereocenters. The second kappa shape index (κ2) is 5.01. The van der Waals surface area contributed by atoms with E-state index in [1.807, 2.05) is 0 Å². The van der Waals surface area contributed by atoms with Crippen LogP contribution < -0.4 is 0 Å². The molecule has 1 aliphatic rings. The second-order valence-corrected chi connectivity index (χ2v) is 9.13. The van der Waals surface area contributed by atoms with E-state index in [0.29, 0.717) is 0 Å². The molecular weight excluding hydrogens is 319 g/mol. The summed E-state index contributed by atoms with van der Waals surface area (Å²) in [5.41, 5.74) is 0.0938. The SMILES string of the molecule is O=S(=O)(Cl)Cc1ccc(S(=O)(=O)C2COC2)c(F)c1. The lowest BCUT2D eigenvalue weighted by atomic mass is 10.2. The number of hydrogen-bond donors (Lipinski definition) is 0. The van der Waals surface area contributed by atoms with Crippen molar-refractivity contribution in [3.8, 4) is 0 Å². The molecule has 106 valence electrons. The lowest BCUT2D eigenvalue weighted by Crippen LogP contribution is -2.40. The van der Waals surface area contributed by atoms with Crippen LogP contribution >= 0.6 is 10.7 Å². The fraction of sp³-hybridized carbons (Fsp3) is 0.400. The number of sulfone groups is 1. The fourth-order valence-electron chi connectivity index (χ4n) is 1.64. The Morgan fingerprint density at radius 3 is 2.32 bits per heavy atom. The van der Waals surface area contributed by atoms with Crippen LogP contribution in [0.3, 0.4) is 0 Å². The van der Waals surface area contributed by atoms with Gasteiger partial charge in [0.05, 0.1) is 19.0 Å². The molecule has 0 N–H and O–H groups in total. The average Bonchev–Trinajstić information content (AvgIpc) is 2.09. The molecule has 1 aliphatic heterocycles. The van der Waals surface area contributed by atoms with Crippen molar-refractivity contribution in [1.82, 2.24) is 0 Å². The molecule has 2 rings (SSSR count). The predicted octanol–water partition coefficient (Wildman–Crippen LogP) is 1.07. The van der Waals surface area contributed by atoms with Gasteiger partial charge in [0.25, 0.3) is 0 Å². The Morgan fingerprint density at radius 2 is 1.89 bits per heavy atom. The number of benzene rings is 1. The minimum Gasteiger partial charge on any atom is -0.379 e. The Kier molecular flexibility index (Phi) is 3.87. The van der Waals surface area contributed by atoms with Gasteiger partial charge in [-0.3, -0.25) is 0 Å². The molecule has 0 aliphatic carbocycles. The summed E-state index contributed by atoms with van der Waals surface area (Å²) >= 11 is 0. The van der Waals surface area contributed by atoms with Crippen LogP contribution in [0.1, 0.15) is 5.56 Å². The third kappa shape index (κ3) is 3.25. The molecule has 1 fully saturated rings. The maximum absolute atomic E-state index is 13.8. The summed E-state index contributed by atoms with van der Waals surface area (Å²) in [6, 6.07) is 3.15. The summed E-state index contributed by atoms with van der Waals surface area (Å²) < 4.78 is 64.2. The van der Waals surface area contributed by atoms with Crippen LogP contribution in [-0.2, 0) is 29.4 Å². The Labute approximate surface area is 114 Å². The zero-order valence-electron chi connectivity index (χ0n) is 9.54. The van der Waals surface area contributed by atoms with Gasteiger partial charge in [-0.05, 0) is 17.7 Å². The summed E-state index contributed by atoms with van der Waals surface area (Å²) in [5, 5.41) is -0.746. The van der Waals surface area contributed by atoms with Gasteiger partial charge in [-0.15, -0.1) is 0 Å². The normalized spacial score (nSPS) is 17.2. The summed E-state index contributed by atoms with van der Waals surface area (Å²) in [6.07, 6.45) is 0. The molecule has 19 heavy (non-hydrogen) atoms. The average molecular weight is 329 g/mol. The molecule has 0 saturated carbocycles. The van der Waals surface area contributed by atoms with Crippen LogP contribution in [0.15, 0.2) is 23.1 Å². The van der Waals surface area contributed by atoms with E-state index < -0.39 is 40.6 Å². The van der Waals surface area contributed by atoms with Crippen LogP contribution in [0.2, 0.25) is 0 Å². The van der Waals surface area contributed by atoms with Crippen molar-refractivity contribution < 1.29 is 26.0 Å². The van der Waals surface area contributed by atoms with Crippen molar-refractivity contribution in [2.75, 3.05) is 13.2 Å². The first-order chi connectivity index (χ1) is 8.70. The highest BCUT2D eigenvalue weighted by atomic mass is 35.7. The molecule has 5 nitrogen and oxygen atoms in total. The van der Waals surface area contributed by atoms with Crippen molar-refractivity contribution in [3.05, 3.63) is 29.6 Å². The van der Waals surface area contributed by atoms with Gasteiger partial charge in [-0.25, -0.2) is 21.2 Å². The highest BCUT2D eigenvalue weighted by molar-refractivity contribution is 8.13. The van der Waals surface area contributed by atoms with E-state index in [0.717, 1.165) is 12.1 Å². The number of halogens is 2. The monoisotopic (exact) mass is 328 g/mol. The minimum atomic E-state index is -3.82. The van der Waals surface area contributed by atoms with Crippen molar-refractivity contribution >= 4 is 29.6 Å². The molecule has 9 heteroatoms. The quantitative estimate of drug-likeness (QED) is 0.773. The lowest BCUT2D eigenvalue weighted by molar-refractivity contribution is 0.0415. The van der Waals surface area contributed by atoms with Gasteiger partial charge in [0.2, 0.25) is 9.05 Å². The molecule has 0 unspecified atom stereocenters. The van der Waals surface area contributed by atoms with Crippen molar-refractivity contribution in [3.63, 3.8) is 0 Å². The molecule has 0 radical (unpaired) electrons. The Morgan fingerprint density at radius 1 is 1.26 bits per heavy atom. The topological polar surface area (TPSA) is 77.5 Å². The zero-order chi connectivity index (χ0) is 14.3. The Bertz CT molecular complexity index is 695. The number of ether oxygens (including phenoxy) is 1. The Hall–Kier alpha value is -0.700. The molecule has 0 spiro atoms. The van der Waals surface area contributed by atoms with Crippen LogP contribution in [0.5, 0.6) is 0 Å². The molecule has 1 aromatic carbocycles. The fourth-order valence-corrected chi connectivity index (χ4v) is 4.09. The van der Waals surface area contributed by atoms with E-state index in [4.69, 9.17) is 15.4 Å². The maximum Gasteiger partial charge on any atom is 0.236 e. The van der Waals surface area contributed by atoms with Crippen molar-refractivity contribution in [2.24, 2.45) is 0 Å². The van der Waals surface area contributed by atoms with Gasteiger partial charge in [-0.2, -0.15) is 0 Å². The molecule has 1 heterocycles. The molecule has 0 bridgehead atoms. The molecule has 1 aromatic rings. The second-order valence-electron chi connectivity index (χ2n) is 4.15. The van der Waals surface area contributed by atoms with Crippen LogP contribution in [0, 0.1) is 5.82 Å². The van der Waals surface area contributed by atoms with E-state index in [2.05, 4.69) is 0 Å². The number of rotatable bonds is 4. The van der Waals surface area contributed by atoms with Gasteiger partial charge in [0.15, 0.2) is 9.84 Å². The molecule has 0 amide bonds. The van der Waals surface area contributed by atoms with E-state index in [-0.39, 0.29) is 18.8 Å². The van der Waals surface area contributed by atoms with Crippen LogP contribution in [0.25, 0.3) is 0 Å². The number of hydrogen-bond acceptors (Lipinski definition) is 5. The van der Waals surface area contributed by atoms with Gasteiger partial charge >= 0.3 is 0 Å². The molecule has 0 aromatic heterocycles. The third-order valence-corrected chi connectivity index (χ3v) is 5.79. The first-order valence-corrected chi connectivity index (χ1v) is 9.25. The van der Waals surface area contributed by atoms with E-state index in [1.165, 1.54) is 6.07 Å². The highest BCUT2D eigenvalue weighted by Crippen LogP contribution is 2.25. The van der Waals surface area contributed by atoms with E-state index >= 15 is 0 Å². The third-order valence-electron chi connectivity index (χ3n) is 2.69. The largest absolute Gasteiger partial charge is 0.379 e. The van der Waals surface area contributed by atoms with Crippen LogP contribution in [0.4, 0.5) is 4.39 Å². The Balaban J connectivity index is 2.34. The summed E-state index contributed by atoms with van der Waals surface area (Å²) in [6.45, 7) is 0.0825. The predicted molar refractivity (Wildman–Crippen MR) is 66.7 cm³/mol. The summed E-state index contributed by atoms with van der Waals surface area (Å²) in [7, 11) is -2.55. The highest BCUT2D eigenvalue weighted by Gasteiger charge is 2.35. The molecular formula is C10H10ClFO5S2. The lowest BCUT2D eigenvalue weighted by Gasteiger charge is -2.25. The van der Waals surface area contributed by atoms with Crippen molar-refractivity contribution in [1.29, 1.82) is 0 Å². The maximum atomic E-state index is 13.8. The van der Waals surface area contributed by atoms with Crippen LogP contribution in [-0.4, -0.2) is 35.3 Å². The van der Waals surface area contributed by atoms with Gasteiger partial charge < -0.3 is 4.74 Å². The molecule has 1 saturated heterocycles. The van der Waals surface area contributed by atoms with Gasteiger partial charge in [-0.1, -0.05) is 6.07 Å².